The van der Waals surface area contributed by atoms with Crippen LogP contribution in [0.5, 0.6) is 0 Å². The lowest BCUT2D eigenvalue weighted by Gasteiger charge is -2.34. The Morgan fingerprint density at radius 3 is 2.40 bits per heavy atom. The van der Waals surface area contributed by atoms with E-state index in [1.807, 2.05) is 6.07 Å². The molecule has 1 amide bonds. The molecule has 25 heavy (non-hydrogen) atoms. The molecule has 2 N–H and O–H groups in total. The van der Waals surface area contributed by atoms with Gasteiger partial charge in [-0.2, -0.15) is 0 Å². The highest BCUT2D eigenvalue weighted by molar-refractivity contribution is 5.78. The molecule has 6 heteroatoms. The van der Waals surface area contributed by atoms with Crippen molar-refractivity contribution in [3.05, 3.63) is 66.6 Å². The maximum Gasteiger partial charge on any atom is 0.252 e. The minimum absolute atomic E-state index is 0.0794. The molecule has 2 aromatic rings. The van der Waals surface area contributed by atoms with Crippen molar-refractivity contribution in [3.63, 3.8) is 0 Å². The van der Waals surface area contributed by atoms with Crippen molar-refractivity contribution in [1.29, 1.82) is 0 Å². The number of piperazine rings is 1. The van der Waals surface area contributed by atoms with E-state index in [-0.39, 0.29) is 5.91 Å². The molecule has 0 saturated carbocycles. The van der Waals surface area contributed by atoms with Crippen molar-refractivity contribution in [2.75, 3.05) is 32.7 Å². The van der Waals surface area contributed by atoms with Crippen LogP contribution in [0.2, 0.25) is 0 Å². The van der Waals surface area contributed by atoms with E-state index in [0.717, 1.165) is 32.7 Å². The Labute approximate surface area is 148 Å². The topological polar surface area (TPSA) is 60.8 Å². The molecule has 0 bridgehead atoms. The van der Waals surface area contributed by atoms with E-state index in [2.05, 4.69) is 51.5 Å². The summed E-state index contributed by atoms with van der Waals surface area (Å²) in [5.74, 6) is 0.527. The van der Waals surface area contributed by atoms with Crippen molar-refractivity contribution in [1.82, 2.24) is 20.7 Å². The van der Waals surface area contributed by atoms with Crippen LogP contribution in [0.25, 0.3) is 5.70 Å². The smallest absolute Gasteiger partial charge is 0.252 e. The molecule has 1 aliphatic rings. The third-order valence-corrected chi connectivity index (χ3v) is 4.25. The van der Waals surface area contributed by atoms with Gasteiger partial charge >= 0.3 is 0 Å². The average molecular weight is 340 g/mol. The van der Waals surface area contributed by atoms with Gasteiger partial charge in [0.1, 0.15) is 0 Å². The van der Waals surface area contributed by atoms with Gasteiger partial charge in [-0.05, 0) is 17.7 Å². The van der Waals surface area contributed by atoms with Crippen LogP contribution in [0, 0.1) is 0 Å². The Morgan fingerprint density at radius 2 is 1.72 bits per heavy atom. The van der Waals surface area contributed by atoms with Crippen LogP contribution in [0.3, 0.4) is 0 Å². The maximum absolute atomic E-state index is 12.1. The molecule has 1 fully saturated rings. The van der Waals surface area contributed by atoms with Gasteiger partial charge in [-0.3, -0.25) is 25.4 Å². The van der Waals surface area contributed by atoms with Crippen LogP contribution in [0.4, 0.5) is 0 Å². The average Bonchev–Trinajstić information content (AvgIpc) is 3.17. The third-order valence-electron chi connectivity index (χ3n) is 4.25. The van der Waals surface area contributed by atoms with Crippen molar-refractivity contribution in [2.45, 2.75) is 6.54 Å². The zero-order valence-electron chi connectivity index (χ0n) is 14.3. The zero-order valence-corrected chi connectivity index (χ0v) is 14.3. The highest BCUT2D eigenvalue weighted by Crippen LogP contribution is 2.09. The number of carbonyl (C=O) groups is 1. The largest absolute Gasteiger partial charge is 0.463 e. The summed E-state index contributed by atoms with van der Waals surface area (Å²) >= 11 is 0. The second-order valence-corrected chi connectivity index (χ2v) is 6.17. The number of nitrogens with zero attached hydrogens (tertiary/aromatic N) is 2. The second-order valence-electron chi connectivity index (χ2n) is 6.17. The molecule has 0 aliphatic carbocycles. The van der Waals surface area contributed by atoms with Crippen LogP contribution in [-0.4, -0.2) is 48.4 Å². The summed E-state index contributed by atoms with van der Waals surface area (Å²) in [5.41, 5.74) is 7.32. The molecule has 1 aromatic carbocycles. The van der Waals surface area contributed by atoms with Gasteiger partial charge in [0.2, 0.25) is 0 Å². The predicted molar refractivity (Wildman–Crippen MR) is 97.2 cm³/mol. The van der Waals surface area contributed by atoms with Gasteiger partial charge in [-0.25, -0.2) is 0 Å². The molecule has 0 radical (unpaired) electrons. The number of hydrogen-bond donors (Lipinski definition) is 2. The van der Waals surface area contributed by atoms with E-state index in [0.29, 0.717) is 18.0 Å². The van der Waals surface area contributed by atoms with E-state index in [1.165, 1.54) is 5.56 Å². The van der Waals surface area contributed by atoms with Crippen molar-refractivity contribution >= 4 is 11.6 Å². The quantitative estimate of drug-likeness (QED) is 0.751. The van der Waals surface area contributed by atoms with Gasteiger partial charge < -0.3 is 4.42 Å². The standard InChI is InChI=1S/C19H24N4O2/c1-16(18-8-5-13-25-18)20-21-19(24)15-23-11-9-22(10-12-23)14-17-6-3-2-4-7-17/h2-8,13,20H,1,9-12,14-15H2,(H,21,24). The Bertz CT molecular complexity index is 677. The van der Waals surface area contributed by atoms with Crippen LogP contribution >= 0.6 is 0 Å². The summed E-state index contributed by atoms with van der Waals surface area (Å²) in [6, 6.07) is 14.0. The summed E-state index contributed by atoms with van der Waals surface area (Å²) < 4.78 is 5.21. The minimum atomic E-state index is -0.0794. The molecule has 0 unspecified atom stereocenters. The fourth-order valence-electron chi connectivity index (χ4n) is 2.85. The van der Waals surface area contributed by atoms with Crippen LogP contribution in [-0.2, 0) is 11.3 Å². The monoisotopic (exact) mass is 340 g/mol. The Kier molecular flexibility index (Phi) is 5.87. The highest BCUT2D eigenvalue weighted by atomic mass is 16.3. The molecular weight excluding hydrogens is 316 g/mol. The van der Waals surface area contributed by atoms with Gasteiger partial charge in [-0.1, -0.05) is 36.9 Å². The Balaban J connectivity index is 1.35. The number of rotatable bonds is 7. The highest BCUT2D eigenvalue weighted by Gasteiger charge is 2.19. The molecule has 0 spiro atoms. The maximum atomic E-state index is 12.1. The predicted octanol–water partition coefficient (Wildman–Crippen LogP) is 1.69. The Hall–Kier alpha value is -2.57. The summed E-state index contributed by atoms with van der Waals surface area (Å²) in [6.45, 7) is 8.87. The molecule has 6 nitrogen and oxygen atoms in total. The fraction of sp³-hybridized carbons (Fsp3) is 0.316. The number of hydrogen-bond acceptors (Lipinski definition) is 5. The van der Waals surface area contributed by atoms with Gasteiger partial charge in [0.05, 0.1) is 18.5 Å². The molecular formula is C19H24N4O2. The lowest BCUT2D eigenvalue weighted by atomic mass is 10.2. The van der Waals surface area contributed by atoms with Crippen molar-refractivity contribution < 1.29 is 9.21 Å². The van der Waals surface area contributed by atoms with Gasteiger partial charge in [0.25, 0.3) is 5.91 Å². The molecule has 1 aliphatic heterocycles. The van der Waals surface area contributed by atoms with Crippen molar-refractivity contribution in [2.24, 2.45) is 0 Å². The summed E-state index contributed by atoms with van der Waals surface area (Å²) in [4.78, 5) is 16.6. The molecule has 0 atom stereocenters. The van der Waals surface area contributed by atoms with E-state index < -0.39 is 0 Å². The zero-order chi connectivity index (χ0) is 17.5. The first kappa shape index (κ1) is 17.3. The Morgan fingerprint density at radius 1 is 1.00 bits per heavy atom. The third kappa shape index (κ3) is 5.20. The SMILES string of the molecule is C=C(NNC(=O)CN1CCN(Cc2ccccc2)CC1)c1ccco1. The second kappa shape index (κ2) is 8.50. The first-order valence-corrected chi connectivity index (χ1v) is 8.47. The number of furan rings is 1. The van der Waals surface area contributed by atoms with Crippen LogP contribution in [0.1, 0.15) is 11.3 Å². The molecule has 3 rings (SSSR count). The summed E-state index contributed by atoms with van der Waals surface area (Å²) in [5, 5.41) is 0. The number of benzene rings is 1. The normalized spacial score (nSPS) is 15.7. The fourth-order valence-corrected chi connectivity index (χ4v) is 2.85. The first-order chi connectivity index (χ1) is 12.2. The summed E-state index contributed by atoms with van der Waals surface area (Å²) in [6.07, 6.45) is 1.57. The van der Waals surface area contributed by atoms with Crippen LogP contribution in [0.15, 0.2) is 59.7 Å². The van der Waals surface area contributed by atoms with Gasteiger partial charge in [0, 0.05) is 32.7 Å². The van der Waals surface area contributed by atoms with Gasteiger partial charge in [-0.15, -0.1) is 0 Å². The first-order valence-electron chi connectivity index (χ1n) is 8.47. The molecule has 1 saturated heterocycles. The van der Waals surface area contributed by atoms with E-state index >= 15 is 0 Å². The number of hydrazine groups is 1. The molecule has 132 valence electrons. The number of amides is 1. The minimum Gasteiger partial charge on any atom is -0.463 e. The lowest BCUT2D eigenvalue weighted by Crippen LogP contribution is -2.50. The van der Waals surface area contributed by atoms with E-state index in [1.54, 1.807) is 18.4 Å². The lowest BCUT2D eigenvalue weighted by molar-refractivity contribution is -0.123. The van der Waals surface area contributed by atoms with E-state index in [9.17, 15) is 4.79 Å². The number of nitrogens with one attached hydrogen (secondary N) is 2. The van der Waals surface area contributed by atoms with Crippen molar-refractivity contribution in [3.8, 4) is 0 Å². The van der Waals surface area contributed by atoms with E-state index in [4.69, 9.17) is 4.42 Å². The van der Waals surface area contributed by atoms with Gasteiger partial charge in [0.15, 0.2) is 5.76 Å². The molecule has 1 aromatic heterocycles. The van der Waals surface area contributed by atoms with Crippen LogP contribution < -0.4 is 10.9 Å². The molecule has 2 heterocycles. The summed E-state index contributed by atoms with van der Waals surface area (Å²) in [7, 11) is 0. The number of carbonyl (C=O) groups excluding carboxylic acids is 1.